The van der Waals surface area contributed by atoms with E-state index < -0.39 is 0 Å². The van der Waals surface area contributed by atoms with Crippen molar-refractivity contribution in [3.63, 3.8) is 0 Å². The van der Waals surface area contributed by atoms with E-state index in [1.54, 1.807) is 0 Å². The number of rotatable bonds is 5. The molecule has 2 aromatic rings. The Balaban J connectivity index is 2.09. The molecule has 108 valence electrons. The summed E-state index contributed by atoms with van der Waals surface area (Å²) in [6.45, 7) is 4.80. The summed E-state index contributed by atoms with van der Waals surface area (Å²) in [7, 11) is 1.92. The second-order valence-corrected chi connectivity index (χ2v) is 5.59. The molecule has 1 atom stereocenters. The summed E-state index contributed by atoms with van der Waals surface area (Å²) in [6.07, 6.45) is 0.840. The van der Waals surface area contributed by atoms with Crippen molar-refractivity contribution in [3.05, 3.63) is 51.3 Å². The summed E-state index contributed by atoms with van der Waals surface area (Å²) >= 11 is 12.5. The van der Waals surface area contributed by atoms with Gasteiger partial charge in [-0.15, -0.1) is 0 Å². The molecule has 1 aromatic carbocycles. The Morgan fingerprint density at radius 3 is 2.60 bits per heavy atom. The minimum Gasteiger partial charge on any atom is -0.304 e. The highest BCUT2D eigenvalue weighted by molar-refractivity contribution is 6.32. The van der Waals surface area contributed by atoms with E-state index in [-0.39, 0.29) is 6.04 Å². The van der Waals surface area contributed by atoms with E-state index in [0.717, 1.165) is 33.4 Å². The second kappa shape index (κ2) is 6.61. The van der Waals surface area contributed by atoms with Crippen molar-refractivity contribution in [1.29, 1.82) is 0 Å². The lowest BCUT2D eigenvalue weighted by Crippen LogP contribution is -2.20. The van der Waals surface area contributed by atoms with Crippen LogP contribution in [0.4, 0.5) is 0 Å². The van der Waals surface area contributed by atoms with Crippen LogP contribution in [0.5, 0.6) is 0 Å². The Hall–Kier alpha value is -1.03. The average Bonchev–Trinajstić information content (AvgIpc) is 2.71. The number of nitrogens with one attached hydrogen (secondary N) is 1. The first-order chi connectivity index (χ1) is 9.54. The van der Waals surface area contributed by atoms with Crippen LogP contribution in [0.15, 0.2) is 24.3 Å². The third kappa shape index (κ3) is 3.17. The Morgan fingerprint density at radius 1 is 1.30 bits per heavy atom. The lowest BCUT2D eigenvalue weighted by Gasteiger charge is -2.15. The third-order valence-electron chi connectivity index (χ3n) is 3.45. The van der Waals surface area contributed by atoms with Crippen molar-refractivity contribution in [3.8, 4) is 0 Å². The molecule has 0 saturated heterocycles. The first kappa shape index (κ1) is 15.4. The van der Waals surface area contributed by atoms with Crippen LogP contribution in [0.3, 0.4) is 0 Å². The lowest BCUT2D eigenvalue weighted by molar-refractivity contribution is 0.548. The number of aromatic nitrogens is 2. The smallest absolute Gasteiger partial charge is 0.0863 e. The van der Waals surface area contributed by atoms with Crippen LogP contribution >= 0.6 is 23.2 Å². The molecule has 3 nitrogen and oxygen atoms in total. The van der Waals surface area contributed by atoms with Gasteiger partial charge in [-0.05, 0) is 25.0 Å². The topological polar surface area (TPSA) is 29.9 Å². The van der Waals surface area contributed by atoms with Gasteiger partial charge in [0.05, 0.1) is 16.4 Å². The van der Waals surface area contributed by atoms with Crippen LogP contribution in [0.2, 0.25) is 10.0 Å². The molecule has 1 heterocycles. The van der Waals surface area contributed by atoms with Crippen LogP contribution < -0.4 is 5.32 Å². The van der Waals surface area contributed by atoms with Crippen molar-refractivity contribution >= 4 is 23.2 Å². The summed E-state index contributed by atoms with van der Waals surface area (Å²) in [5.74, 6) is 0. The fraction of sp³-hybridized carbons (Fsp3) is 0.400. The van der Waals surface area contributed by atoms with Crippen molar-refractivity contribution in [2.75, 3.05) is 0 Å². The highest BCUT2D eigenvalue weighted by Gasteiger charge is 2.14. The van der Waals surface area contributed by atoms with E-state index >= 15 is 0 Å². The second-order valence-electron chi connectivity index (χ2n) is 4.81. The third-order valence-corrected chi connectivity index (χ3v) is 4.23. The van der Waals surface area contributed by atoms with Gasteiger partial charge in [0.1, 0.15) is 0 Å². The zero-order valence-electron chi connectivity index (χ0n) is 12.0. The molecular weight excluding hydrogens is 293 g/mol. The van der Waals surface area contributed by atoms with Crippen molar-refractivity contribution < 1.29 is 0 Å². The molecule has 1 aromatic heterocycles. The first-order valence-corrected chi connectivity index (χ1v) is 7.48. The fourth-order valence-corrected chi connectivity index (χ4v) is 2.86. The Bertz CT molecular complexity index is 593. The monoisotopic (exact) mass is 311 g/mol. The molecule has 2 rings (SSSR count). The highest BCUT2D eigenvalue weighted by atomic mass is 35.5. The number of hydrogen-bond donors (Lipinski definition) is 1. The maximum absolute atomic E-state index is 6.34. The molecule has 0 amide bonds. The van der Waals surface area contributed by atoms with Gasteiger partial charge >= 0.3 is 0 Å². The Kier molecular flexibility index (Phi) is 5.08. The van der Waals surface area contributed by atoms with Gasteiger partial charge in [-0.1, -0.05) is 48.3 Å². The Labute approximate surface area is 129 Å². The van der Waals surface area contributed by atoms with Gasteiger partial charge in [-0.25, -0.2) is 0 Å². The Morgan fingerprint density at radius 2 is 2.00 bits per heavy atom. The van der Waals surface area contributed by atoms with E-state index in [1.807, 2.05) is 36.0 Å². The predicted octanol–water partition coefficient (Wildman–Crippen LogP) is 4.14. The molecule has 0 aliphatic heterocycles. The van der Waals surface area contributed by atoms with Gasteiger partial charge in [-0.2, -0.15) is 5.10 Å². The van der Waals surface area contributed by atoms with Gasteiger partial charge in [0.15, 0.2) is 0 Å². The summed E-state index contributed by atoms with van der Waals surface area (Å²) in [5, 5.41) is 9.39. The molecule has 0 saturated carbocycles. The fourth-order valence-electron chi connectivity index (χ4n) is 2.20. The maximum Gasteiger partial charge on any atom is 0.0863 e. The van der Waals surface area contributed by atoms with Crippen molar-refractivity contribution in [2.45, 2.75) is 32.9 Å². The summed E-state index contributed by atoms with van der Waals surface area (Å²) < 4.78 is 1.84. The highest BCUT2D eigenvalue weighted by Crippen LogP contribution is 2.24. The summed E-state index contributed by atoms with van der Waals surface area (Å²) in [5.41, 5.74) is 3.03. The van der Waals surface area contributed by atoms with Crippen LogP contribution in [0.25, 0.3) is 0 Å². The van der Waals surface area contributed by atoms with E-state index in [1.165, 1.54) is 0 Å². The molecule has 0 aliphatic rings. The molecule has 0 radical (unpaired) electrons. The predicted molar refractivity (Wildman–Crippen MR) is 84.3 cm³/mol. The quantitative estimate of drug-likeness (QED) is 0.899. The maximum atomic E-state index is 6.34. The molecule has 0 unspecified atom stereocenters. The van der Waals surface area contributed by atoms with Crippen LogP contribution in [0.1, 0.15) is 36.8 Å². The molecule has 1 N–H and O–H groups in total. The average molecular weight is 312 g/mol. The minimum absolute atomic E-state index is 0.153. The summed E-state index contributed by atoms with van der Waals surface area (Å²) in [4.78, 5) is 0. The van der Waals surface area contributed by atoms with Gasteiger partial charge in [0.25, 0.3) is 0 Å². The molecule has 0 bridgehead atoms. The van der Waals surface area contributed by atoms with Gasteiger partial charge in [-0.3, -0.25) is 4.68 Å². The van der Waals surface area contributed by atoms with E-state index in [9.17, 15) is 0 Å². The van der Waals surface area contributed by atoms with E-state index in [0.29, 0.717) is 6.54 Å². The number of nitrogens with zero attached hydrogens (tertiary/aromatic N) is 2. The molecule has 20 heavy (non-hydrogen) atoms. The van der Waals surface area contributed by atoms with Crippen LogP contribution in [0, 0.1) is 0 Å². The van der Waals surface area contributed by atoms with E-state index in [2.05, 4.69) is 24.3 Å². The number of hydrogen-bond acceptors (Lipinski definition) is 2. The molecule has 5 heteroatoms. The van der Waals surface area contributed by atoms with Crippen molar-refractivity contribution in [2.24, 2.45) is 7.05 Å². The molecule has 0 fully saturated rings. The standard InChI is InChI=1S/C15H19Cl2N3/c1-4-13-15(17)14(20(3)19-13)9-18-10(2)11-7-5-6-8-12(11)16/h5-8,10,18H,4,9H2,1-3H3/t10-/m1/s1. The number of halogens is 2. The van der Waals surface area contributed by atoms with Gasteiger partial charge in [0.2, 0.25) is 0 Å². The number of benzene rings is 1. The summed E-state index contributed by atoms with van der Waals surface area (Å²) in [6, 6.07) is 8.01. The first-order valence-electron chi connectivity index (χ1n) is 6.72. The lowest BCUT2D eigenvalue weighted by atomic mass is 10.1. The zero-order valence-corrected chi connectivity index (χ0v) is 13.5. The largest absolute Gasteiger partial charge is 0.304 e. The normalized spacial score (nSPS) is 12.7. The van der Waals surface area contributed by atoms with Crippen LogP contribution in [-0.4, -0.2) is 9.78 Å². The zero-order chi connectivity index (χ0) is 14.7. The SMILES string of the molecule is CCc1nn(C)c(CN[C@H](C)c2ccccc2Cl)c1Cl. The van der Waals surface area contributed by atoms with Crippen molar-refractivity contribution in [1.82, 2.24) is 15.1 Å². The molecular formula is C15H19Cl2N3. The van der Waals surface area contributed by atoms with Gasteiger partial charge in [0, 0.05) is 24.7 Å². The molecule has 0 aliphatic carbocycles. The van der Waals surface area contributed by atoms with E-state index in [4.69, 9.17) is 23.2 Å². The van der Waals surface area contributed by atoms with Gasteiger partial charge < -0.3 is 5.32 Å². The van der Waals surface area contributed by atoms with Crippen LogP contribution in [-0.2, 0) is 20.0 Å². The molecule has 0 spiro atoms. The number of aryl methyl sites for hydroxylation is 2. The minimum atomic E-state index is 0.153.